The molecule has 1 N–H and O–H groups in total. The summed E-state index contributed by atoms with van der Waals surface area (Å²) in [6.45, 7) is 4.76. The molecule has 0 saturated heterocycles. The first kappa shape index (κ1) is 14.9. The number of carbonyl (C=O) groups is 2. The quantitative estimate of drug-likeness (QED) is 0.521. The van der Waals surface area contributed by atoms with Crippen LogP contribution in [-0.2, 0) is 19.1 Å². The molecule has 0 heterocycles. The monoisotopic (exact) mass is 232 g/mol. The minimum Gasteiger partial charge on any atom is -0.466 e. The summed E-state index contributed by atoms with van der Waals surface area (Å²) in [5.41, 5.74) is 0. The average Bonchev–Trinajstić information content (AvgIpc) is 2.20. The van der Waals surface area contributed by atoms with Crippen LogP contribution >= 0.6 is 0 Å². The fourth-order valence-electron chi connectivity index (χ4n) is 1.29. The van der Waals surface area contributed by atoms with E-state index in [0.717, 1.165) is 0 Å². The van der Waals surface area contributed by atoms with Crippen molar-refractivity contribution in [3.63, 3.8) is 0 Å². The zero-order chi connectivity index (χ0) is 12.6. The second-order valence-electron chi connectivity index (χ2n) is 3.79. The average molecular weight is 232 g/mol. The Morgan fingerprint density at radius 3 is 2.31 bits per heavy atom. The van der Waals surface area contributed by atoms with Gasteiger partial charge in [0.05, 0.1) is 6.61 Å². The first-order chi connectivity index (χ1) is 7.47. The second-order valence-corrected chi connectivity index (χ2v) is 3.79. The first-order valence-electron chi connectivity index (χ1n) is 5.38. The highest BCUT2D eigenvalue weighted by molar-refractivity contribution is 5.66. The van der Waals surface area contributed by atoms with Crippen molar-refractivity contribution in [1.82, 2.24) is 0 Å². The Morgan fingerprint density at radius 2 is 1.88 bits per heavy atom. The van der Waals surface area contributed by atoms with Gasteiger partial charge in [-0.15, -0.1) is 0 Å². The number of aliphatic hydroxyl groups is 1. The van der Waals surface area contributed by atoms with Crippen molar-refractivity contribution in [2.24, 2.45) is 5.92 Å². The first-order valence-corrected chi connectivity index (χ1v) is 5.38. The van der Waals surface area contributed by atoms with Gasteiger partial charge in [-0.2, -0.15) is 0 Å². The Morgan fingerprint density at radius 1 is 1.25 bits per heavy atom. The fourth-order valence-corrected chi connectivity index (χ4v) is 1.29. The maximum absolute atomic E-state index is 10.8. The second kappa shape index (κ2) is 8.10. The van der Waals surface area contributed by atoms with Crippen molar-refractivity contribution in [1.29, 1.82) is 0 Å². The minimum absolute atomic E-state index is 0.0362. The predicted octanol–water partition coefficient (Wildman–Crippen LogP) is 0.890. The molecule has 0 unspecified atom stereocenters. The molecule has 0 aliphatic carbocycles. The Balaban J connectivity index is 3.91. The molecule has 94 valence electrons. The molecule has 0 radical (unpaired) electrons. The number of aliphatic hydroxyl groups excluding tert-OH is 1. The van der Waals surface area contributed by atoms with E-state index in [-0.39, 0.29) is 30.6 Å². The number of hydrogen-bond donors (Lipinski definition) is 1. The molecule has 0 fully saturated rings. The number of esters is 2. The van der Waals surface area contributed by atoms with E-state index in [1.54, 1.807) is 6.92 Å². The number of ether oxygens (including phenoxy) is 2. The van der Waals surface area contributed by atoms with E-state index in [0.29, 0.717) is 19.4 Å². The van der Waals surface area contributed by atoms with Crippen molar-refractivity contribution in [3.8, 4) is 0 Å². The smallest absolute Gasteiger partial charge is 0.302 e. The molecule has 5 heteroatoms. The van der Waals surface area contributed by atoms with Crippen LogP contribution in [0.2, 0.25) is 0 Å². The van der Waals surface area contributed by atoms with Gasteiger partial charge in [0.25, 0.3) is 0 Å². The van der Waals surface area contributed by atoms with Gasteiger partial charge < -0.3 is 14.6 Å². The van der Waals surface area contributed by atoms with Crippen molar-refractivity contribution in [2.45, 2.75) is 39.7 Å². The fraction of sp³-hybridized carbons (Fsp3) is 0.818. The molecule has 5 nitrogen and oxygen atoms in total. The van der Waals surface area contributed by atoms with Gasteiger partial charge >= 0.3 is 11.9 Å². The predicted molar refractivity (Wildman–Crippen MR) is 57.7 cm³/mol. The summed E-state index contributed by atoms with van der Waals surface area (Å²) in [7, 11) is 0. The SMILES string of the molecule is CC(=O)OCCC[C@H](OC(C)=O)[C@H](C)CO. The molecular formula is C11H20O5. The molecule has 0 aliphatic rings. The maximum Gasteiger partial charge on any atom is 0.302 e. The highest BCUT2D eigenvalue weighted by atomic mass is 16.5. The summed E-state index contributed by atoms with van der Waals surface area (Å²) in [6, 6.07) is 0. The van der Waals surface area contributed by atoms with E-state index in [1.165, 1.54) is 13.8 Å². The third-order valence-corrected chi connectivity index (χ3v) is 2.18. The summed E-state index contributed by atoms with van der Waals surface area (Å²) >= 11 is 0. The standard InChI is InChI=1S/C11H20O5/c1-8(7-12)11(16-10(3)14)5-4-6-15-9(2)13/h8,11-12H,4-7H2,1-3H3/t8-,11+/m1/s1. The van der Waals surface area contributed by atoms with Gasteiger partial charge in [0.1, 0.15) is 6.10 Å². The molecule has 0 spiro atoms. The van der Waals surface area contributed by atoms with Gasteiger partial charge in [-0.3, -0.25) is 9.59 Å². The number of rotatable bonds is 7. The summed E-state index contributed by atoms with van der Waals surface area (Å²) in [5.74, 6) is -0.793. The maximum atomic E-state index is 10.8. The number of hydrogen-bond acceptors (Lipinski definition) is 5. The summed E-state index contributed by atoms with van der Waals surface area (Å²) in [6.07, 6.45) is 0.870. The van der Waals surface area contributed by atoms with Crippen LogP contribution in [0.4, 0.5) is 0 Å². The molecular weight excluding hydrogens is 212 g/mol. The van der Waals surface area contributed by atoms with Crippen molar-refractivity contribution in [2.75, 3.05) is 13.2 Å². The molecule has 0 amide bonds. The van der Waals surface area contributed by atoms with Gasteiger partial charge in [0, 0.05) is 26.4 Å². The lowest BCUT2D eigenvalue weighted by Gasteiger charge is -2.21. The largest absolute Gasteiger partial charge is 0.466 e. The zero-order valence-electron chi connectivity index (χ0n) is 10.1. The lowest BCUT2D eigenvalue weighted by Crippen LogP contribution is -2.27. The van der Waals surface area contributed by atoms with E-state index in [2.05, 4.69) is 0 Å². The summed E-state index contributed by atoms with van der Waals surface area (Å²) < 4.78 is 9.84. The normalized spacial score (nSPS) is 14.0. The van der Waals surface area contributed by atoms with Crippen LogP contribution < -0.4 is 0 Å². The minimum atomic E-state index is -0.363. The Labute approximate surface area is 95.7 Å². The third-order valence-electron chi connectivity index (χ3n) is 2.18. The topological polar surface area (TPSA) is 72.8 Å². The van der Waals surface area contributed by atoms with E-state index >= 15 is 0 Å². The van der Waals surface area contributed by atoms with E-state index < -0.39 is 0 Å². The molecule has 0 aromatic carbocycles. The van der Waals surface area contributed by atoms with Crippen molar-refractivity contribution in [3.05, 3.63) is 0 Å². The van der Waals surface area contributed by atoms with Gasteiger partial charge in [-0.1, -0.05) is 6.92 Å². The Bertz CT molecular complexity index is 226. The Kier molecular flexibility index (Phi) is 7.54. The van der Waals surface area contributed by atoms with Crippen LogP contribution in [0.3, 0.4) is 0 Å². The van der Waals surface area contributed by atoms with E-state index in [1.807, 2.05) is 0 Å². The van der Waals surface area contributed by atoms with Crippen LogP contribution in [0.1, 0.15) is 33.6 Å². The van der Waals surface area contributed by atoms with Gasteiger partial charge in [-0.05, 0) is 12.8 Å². The third kappa shape index (κ3) is 7.23. The van der Waals surface area contributed by atoms with Crippen LogP contribution in [0.15, 0.2) is 0 Å². The summed E-state index contributed by atoms with van der Waals surface area (Å²) in [5, 5.41) is 8.99. The van der Waals surface area contributed by atoms with Gasteiger partial charge in [0.15, 0.2) is 0 Å². The highest BCUT2D eigenvalue weighted by Gasteiger charge is 2.19. The molecule has 16 heavy (non-hydrogen) atoms. The molecule has 0 saturated carbocycles. The van der Waals surface area contributed by atoms with E-state index in [9.17, 15) is 9.59 Å². The molecule has 0 aromatic heterocycles. The highest BCUT2D eigenvalue weighted by Crippen LogP contribution is 2.13. The molecule has 0 aliphatic heterocycles. The summed E-state index contributed by atoms with van der Waals surface area (Å²) in [4.78, 5) is 21.3. The lowest BCUT2D eigenvalue weighted by molar-refractivity contribution is -0.151. The van der Waals surface area contributed by atoms with E-state index in [4.69, 9.17) is 14.6 Å². The zero-order valence-corrected chi connectivity index (χ0v) is 10.1. The number of carbonyl (C=O) groups excluding carboxylic acids is 2. The van der Waals surface area contributed by atoms with Crippen LogP contribution in [-0.4, -0.2) is 36.4 Å². The van der Waals surface area contributed by atoms with Crippen LogP contribution in [0.5, 0.6) is 0 Å². The molecule has 0 rings (SSSR count). The lowest BCUT2D eigenvalue weighted by atomic mass is 10.0. The van der Waals surface area contributed by atoms with Crippen LogP contribution in [0, 0.1) is 5.92 Å². The Hall–Kier alpha value is -1.10. The van der Waals surface area contributed by atoms with Crippen LogP contribution in [0.25, 0.3) is 0 Å². The molecule has 0 aromatic rings. The molecule has 0 bridgehead atoms. The molecule has 2 atom stereocenters. The van der Waals surface area contributed by atoms with Crippen molar-refractivity contribution >= 4 is 11.9 Å². The van der Waals surface area contributed by atoms with Crippen molar-refractivity contribution < 1.29 is 24.2 Å². The van der Waals surface area contributed by atoms with Gasteiger partial charge in [0.2, 0.25) is 0 Å². The van der Waals surface area contributed by atoms with Gasteiger partial charge in [-0.25, -0.2) is 0 Å².